The van der Waals surface area contributed by atoms with Crippen LogP contribution in [0.15, 0.2) is 0 Å². The van der Waals surface area contributed by atoms with Gasteiger partial charge >= 0.3 is 0 Å². The highest BCUT2D eigenvalue weighted by Gasteiger charge is 2.42. The molecule has 0 rings (SSSR count). The van der Waals surface area contributed by atoms with Gasteiger partial charge in [-0.2, -0.15) is 0 Å². The van der Waals surface area contributed by atoms with Crippen molar-refractivity contribution in [1.82, 2.24) is 4.90 Å². The van der Waals surface area contributed by atoms with E-state index in [1.807, 2.05) is 20.8 Å². The van der Waals surface area contributed by atoms with Crippen LogP contribution in [0, 0.1) is 5.92 Å². The Morgan fingerprint density at radius 3 is 1.60 bits per heavy atom. The fourth-order valence-corrected chi connectivity index (χ4v) is 3.43. The molecule has 0 N–H and O–H groups in total. The zero-order chi connectivity index (χ0) is 19.0. The van der Waals surface area contributed by atoms with E-state index in [1.54, 1.807) is 0 Å². The summed E-state index contributed by atoms with van der Waals surface area (Å²) in [7, 11) is 0. The van der Waals surface area contributed by atoms with Crippen molar-refractivity contribution in [3.63, 3.8) is 0 Å². The van der Waals surface area contributed by atoms with Gasteiger partial charge in [-0.1, -0.05) is 59.3 Å². The topological polar surface area (TPSA) is 30.9 Å². The van der Waals surface area contributed by atoms with Crippen molar-refractivity contribution >= 4 is 0 Å². The molecule has 1 unspecified atom stereocenters. The second-order valence-electron chi connectivity index (χ2n) is 6.64. The van der Waals surface area contributed by atoms with E-state index in [1.165, 1.54) is 38.5 Å². The highest BCUT2D eigenvalue weighted by molar-refractivity contribution is 4.76. The zero-order valence-electron chi connectivity index (χ0n) is 17.9. The lowest BCUT2D eigenvalue weighted by atomic mass is 9.96. The van der Waals surface area contributed by atoms with Crippen molar-refractivity contribution in [2.45, 2.75) is 92.5 Å². The Balaban J connectivity index is 5.00. The molecule has 0 bridgehead atoms. The van der Waals surface area contributed by atoms with E-state index in [2.05, 4.69) is 25.7 Å². The summed E-state index contributed by atoms with van der Waals surface area (Å²) in [6.07, 6.45) is 8.92. The molecule has 0 spiro atoms. The van der Waals surface area contributed by atoms with E-state index < -0.39 is 5.97 Å². The molecule has 0 saturated heterocycles. The molecule has 0 heterocycles. The molecule has 152 valence electrons. The molecule has 0 saturated carbocycles. The van der Waals surface area contributed by atoms with Crippen LogP contribution in [0.2, 0.25) is 0 Å². The molecule has 0 amide bonds. The maximum Gasteiger partial charge on any atom is 0.287 e. The monoisotopic (exact) mass is 359 g/mol. The summed E-state index contributed by atoms with van der Waals surface area (Å²) in [5, 5.41) is 0. The van der Waals surface area contributed by atoms with Crippen molar-refractivity contribution in [1.29, 1.82) is 0 Å². The molecule has 4 heteroatoms. The van der Waals surface area contributed by atoms with Crippen LogP contribution in [0.3, 0.4) is 0 Å². The molecule has 0 aromatic heterocycles. The summed E-state index contributed by atoms with van der Waals surface area (Å²) in [6, 6.07) is 0. The van der Waals surface area contributed by atoms with Crippen LogP contribution in [-0.2, 0) is 14.2 Å². The molecule has 0 aliphatic rings. The highest BCUT2D eigenvalue weighted by Crippen LogP contribution is 2.31. The first-order valence-electron chi connectivity index (χ1n) is 10.8. The number of hydrogen-bond acceptors (Lipinski definition) is 4. The zero-order valence-corrected chi connectivity index (χ0v) is 17.9. The Kier molecular flexibility index (Phi) is 15.9. The number of nitrogens with zero attached hydrogens (tertiary/aromatic N) is 1. The predicted octanol–water partition coefficient (Wildman–Crippen LogP) is 5.46. The van der Waals surface area contributed by atoms with Crippen LogP contribution in [0.1, 0.15) is 86.5 Å². The standard InChI is InChI=1S/C21H45NO3/c1-7-13-14-15-16-17-18-20(19-22(8-2)9-3)21(23-10-4,24-11-5)25-12-6/h20H,7-19H2,1-6H3. The number of rotatable bonds is 18. The van der Waals surface area contributed by atoms with Gasteiger partial charge in [0.25, 0.3) is 5.97 Å². The Morgan fingerprint density at radius 1 is 0.680 bits per heavy atom. The Labute approximate surface area is 157 Å². The lowest BCUT2D eigenvalue weighted by Crippen LogP contribution is -2.51. The van der Waals surface area contributed by atoms with E-state index in [0.717, 1.165) is 26.1 Å². The minimum atomic E-state index is -0.899. The van der Waals surface area contributed by atoms with Gasteiger partial charge in [0.15, 0.2) is 0 Å². The summed E-state index contributed by atoms with van der Waals surface area (Å²) >= 11 is 0. The lowest BCUT2D eigenvalue weighted by Gasteiger charge is -2.41. The first kappa shape index (κ1) is 24.8. The fraction of sp³-hybridized carbons (Fsp3) is 1.00. The number of unbranched alkanes of at least 4 members (excludes halogenated alkanes) is 5. The molecular weight excluding hydrogens is 314 g/mol. The van der Waals surface area contributed by atoms with Crippen molar-refractivity contribution in [3.8, 4) is 0 Å². The quantitative estimate of drug-likeness (QED) is 0.240. The molecule has 0 fully saturated rings. The summed E-state index contributed by atoms with van der Waals surface area (Å²) in [4.78, 5) is 2.45. The average molecular weight is 360 g/mol. The van der Waals surface area contributed by atoms with Crippen molar-refractivity contribution in [2.75, 3.05) is 39.5 Å². The molecule has 4 nitrogen and oxygen atoms in total. The van der Waals surface area contributed by atoms with Gasteiger partial charge in [-0.05, 0) is 40.3 Å². The number of ether oxygens (including phenoxy) is 3. The lowest BCUT2D eigenvalue weighted by molar-refractivity contribution is -0.403. The van der Waals surface area contributed by atoms with E-state index in [0.29, 0.717) is 19.8 Å². The predicted molar refractivity (Wildman–Crippen MR) is 107 cm³/mol. The molecule has 25 heavy (non-hydrogen) atoms. The Morgan fingerprint density at radius 2 is 1.16 bits per heavy atom. The second-order valence-corrected chi connectivity index (χ2v) is 6.64. The van der Waals surface area contributed by atoms with Crippen LogP contribution in [0.5, 0.6) is 0 Å². The van der Waals surface area contributed by atoms with Crippen molar-refractivity contribution in [3.05, 3.63) is 0 Å². The summed E-state index contributed by atoms with van der Waals surface area (Å²) in [6.45, 7) is 17.6. The van der Waals surface area contributed by atoms with Gasteiger partial charge in [-0.25, -0.2) is 0 Å². The maximum absolute atomic E-state index is 6.09. The molecule has 0 aliphatic carbocycles. The SMILES string of the molecule is CCCCCCCCC(CN(CC)CC)C(OCC)(OCC)OCC. The molecule has 0 aromatic rings. The average Bonchev–Trinajstić information content (AvgIpc) is 2.61. The van der Waals surface area contributed by atoms with Gasteiger partial charge in [0.05, 0.1) is 5.92 Å². The van der Waals surface area contributed by atoms with E-state index in [-0.39, 0.29) is 5.92 Å². The van der Waals surface area contributed by atoms with Crippen LogP contribution >= 0.6 is 0 Å². The van der Waals surface area contributed by atoms with Gasteiger partial charge in [0.1, 0.15) is 0 Å². The minimum absolute atomic E-state index is 0.235. The molecule has 0 radical (unpaired) electrons. The summed E-state index contributed by atoms with van der Waals surface area (Å²) in [5.74, 6) is -0.664. The Bertz CT molecular complexity index is 265. The minimum Gasteiger partial charge on any atom is -0.327 e. The van der Waals surface area contributed by atoms with E-state index in [4.69, 9.17) is 14.2 Å². The van der Waals surface area contributed by atoms with Crippen molar-refractivity contribution in [2.24, 2.45) is 5.92 Å². The normalized spacial score (nSPS) is 13.6. The highest BCUT2D eigenvalue weighted by atomic mass is 16.9. The maximum atomic E-state index is 6.09. The first-order chi connectivity index (χ1) is 12.1. The smallest absolute Gasteiger partial charge is 0.287 e. The first-order valence-corrected chi connectivity index (χ1v) is 10.8. The van der Waals surface area contributed by atoms with Gasteiger partial charge in [-0.15, -0.1) is 0 Å². The largest absolute Gasteiger partial charge is 0.327 e. The van der Waals surface area contributed by atoms with Gasteiger partial charge in [0, 0.05) is 26.4 Å². The molecule has 1 atom stereocenters. The third kappa shape index (κ3) is 9.93. The van der Waals surface area contributed by atoms with Gasteiger partial charge in [-0.3, -0.25) is 0 Å². The molecular formula is C21H45NO3. The van der Waals surface area contributed by atoms with Gasteiger partial charge in [0.2, 0.25) is 0 Å². The summed E-state index contributed by atoms with van der Waals surface area (Å²) in [5.41, 5.74) is 0. The van der Waals surface area contributed by atoms with Gasteiger partial charge < -0.3 is 19.1 Å². The van der Waals surface area contributed by atoms with Crippen LogP contribution in [0.25, 0.3) is 0 Å². The number of hydrogen-bond donors (Lipinski definition) is 0. The third-order valence-electron chi connectivity index (χ3n) is 4.82. The van der Waals surface area contributed by atoms with Crippen LogP contribution < -0.4 is 0 Å². The van der Waals surface area contributed by atoms with Crippen LogP contribution in [0.4, 0.5) is 0 Å². The van der Waals surface area contributed by atoms with Crippen molar-refractivity contribution < 1.29 is 14.2 Å². The molecule has 0 aromatic carbocycles. The van der Waals surface area contributed by atoms with E-state index in [9.17, 15) is 0 Å². The third-order valence-corrected chi connectivity index (χ3v) is 4.82. The second kappa shape index (κ2) is 16.0. The fourth-order valence-electron chi connectivity index (χ4n) is 3.43. The van der Waals surface area contributed by atoms with Crippen LogP contribution in [-0.4, -0.2) is 50.3 Å². The van der Waals surface area contributed by atoms with E-state index >= 15 is 0 Å². The molecule has 0 aliphatic heterocycles. The Hall–Kier alpha value is -0.160. The summed E-state index contributed by atoms with van der Waals surface area (Å²) < 4.78 is 18.3.